The van der Waals surface area contributed by atoms with E-state index >= 15 is 0 Å². The van der Waals surface area contributed by atoms with E-state index in [9.17, 15) is 4.79 Å². The molecule has 0 spiro atoms. The fourth-order valence-electron chi connectivity index (χ4n) is 1.40. The summed E-state index contributed by atoms with van der Waals surface area (Å²) in [4.78, 5) is 11.6. The number of anilines is 1. The highest BCUT2D eigenvalue weighted by Crippen LogP contribution is 2.27. The number of rotatable bonds is 4. The van der Waals surface area contributed by atoms with Crippen LogP contribution in [0.2, 0.25) is 10.0 Å². The van der Waals surface area contributed by atoms with E-state index in [1.807, 2.05) is 0 Å². The van der Waals surface area contributed by atoms with Gasteiger partial charge in [0.05, 0.1) is 5.02 Å². The Hall–Kier alpha value is -1.71. The van der Waals surface area contributed by atoms with E-state index in [0.29, 0.717) is 21.5 Å². The highest BCUT2D eigenvalue weighted by Gasteiger charge is 2.06. The van der Waals surface area contributed by atoms with Crippen molar-refractivity contribution in [3.63, 3.8) is 0 Å². The molecule has 2 aromatic carbocycles. The van der Waals surface area contributed by atoms with E-state index in [0.717, 1.165) is 0 Å². The molecule has 2 rings (SSSR count). The number of halogens is 2. The Kier molecular flexibility index (Phi) is 4.66. The molecule has 2 aromatic rings. The number of hydrogen-bond acceptors (Lipinski definition) is 2. The number of carbonyl (C=O) groups is 1. The molecule has 0 aliphatic carbocycles. The highest BCUT2D eigenvalue weighted by molar-refractivity contribution is 6.35. The minimum atomic E-state index is -0.266. The molecule has 0 heterocycles. The molecule has 1 amide bonds. The predicted octanol–water partition coefficient (Wildman–Crippen LogP) is 3.81. The van der Waals surface area contributed by atoms with Crippen molar-refractivity contribution < 1.29 is 9.53 Å². The summed E-state index contributed by atoms with van der Waals surface area (Å²) >= 11 is 11.7. The van der Waals surface area contributed by atoms with Crippen LogP contribution in [0, 0.1) is 6.07 Å². The van der Waals surface area contributed by atoms with Gasteiger partial charge in [-0.05, 0) is 36.4 Å². The smallest absolute Gasteiger partial charge is 0.262 e. The molecule has 0 saturated carbocycles. The number of amides is 1. The molecule has 1 radical (unpaired) electrons. The minimum Gasteiger partial charge on any atom is -0.482 e. The van der Waals surface area contributed by atoms with Crippen LogP contribution >= 0.6 is 23.2 Å². The standard InChI is InChI=1S/C14H10Cl2NO2/c15-10-6-7-13(12(16)8-10)19-9-14(18)17-11-4-2-1-3-5-11/h2-8H,9H2,(H,17,18). The average molecular weight is 295 g/mol. The monoisotopic (exact) mass is 294 g/mol. The van der Waals surface area contributed by atoms with Crippen LogP contribution in [0.15, 0.2) is 42.5 Å². The molecular formula is C14H10Cl2NO2. The topological polar surface area (TPSA) is 38.3 Å². The summed E-state index contributed by atoms with van der Waals surface area (Å²) in [5, 5.41) is 3.58. The van der Waals surface area contributed by atoms with Crippen LogP contribution in [0.5, 0.6) is 5.75 Å². The first-order chi connectivity index (χ1) is 9.15. The minimum absolute atomic E-state index is 0.125. The van der Waals surface area contributed by atoms with Crippen LogP contribution in [0.25, 0.3) is 0 Å². The molecule has 0 fully saturated rings. The summed E-state index contributed by atoms with van der Waals surface area (Å²) in [7, 11) is 0. The first kappa shape index (κ1) is 13.7. The van der Waals surface area contributed by atoms with Crippen molar-refractivity contribution in [2.45, 2.75) is 0 Å². The number of carbonyl (C=O) groups excluding carboxylic acids is 1. The Morgan fingerprint density at radius 2 is 1.95 bits per heavy atom. The fourth-order valence-corrected chi connectivity index (χ4v) is 1.87. The number of nitrogens with one attached hydrogen (secondary N) is 1. The molecule has 97 valence electrons. The predicted molar refractivity (Wildman–Crippen MR) is 75.9 cm³/mol. The second-order valence-electron chi connectivity index (χ2n) is 3.70. The second kappa shape index (κ2) is 6.45. The molecular weight excluding hydrogens is 285 g/mol. The summed E-state index contributed by atoms with van der Waals surface area (Å²) in [5.41, 5.74) is 0.689. The molecule has 0 aromatic heterocycles. The van der Waals surface area contributed by atoms with Gasteiger partial charge in [0, 0.05) is 10.7 Å². The van der Waals surface area contributed by atoms with Crippen LogP contribution < -0.4 is 10.1 Å². The van der Waals surface area contributed by atoms with Crippen molar-refractivity contribution in [1.82, 2.24) is 0 Å². The third-order valence-corrected chi connectivity index (χ3v) is 2.79. The number of ether oxygens (including phenoxy) is 1. The Morgan fingerprint density at radius 1 is 1.21 bits per heavy atom. The lowest BCUT2D eigenvalue weighted by Gasteiger charge is -2.08. The van der Waals surface area contributed by atoms with Crippen molar-refractivity contribution in [2.75, 3.05) is 11.9 Å². The van der Waals surface area contributed by atoms with Crippen molar-refractivity contribution in [3.05, 3.63) is 58.6 Å². The SMILES string of the molecule is O=C(COc1ccc(Cl)cc1Cl)Nc1cc[c]cc1. The van der Waals surface area contributed by atoms with Gasteiger partial charge in [-0.2, -0.15) is 0 Å². The van der Waals surface area contributed by atoms with Gasteiger partial charge in [-0.1, -0.05) is 35.3 Å². The van der Waals surface area contributed by atoms with Crippen molar-refractivity contribution in [3.8, 4) is 5.75 Å². The molecule has 0 unspecified atom stereocenters. The van der Waals surface area contributed by atoms with Crippen LogP contribution in [-0.4, -0.2) is 12.5 Å². The second-order valence-corrected chi connectivity index (χ2v) is 4.54. The van der Waals surface area contributed by atoms with Crippen molar-refractivity contribution >= 4 is 34.8 Å². The Labute approximate surface area is 121 Å². The van der Waals surface area contributed by atoms with Crippen molar-refractivity contribution in [2.24, 2.45) is 0 Å². The van der Waals surface area contributed by atoms with E-state index in [2.05, 4.69) is 11.4 Å². The van der Waals surface area contributed by atoms with Gasteiger partial charge < -0.3 is 10.1 Å². The fraction of sp³-hybridized carbons (Fsp3) is 0.0714. The van der Waals surface area contributed by atoms with E-state index in [4.69, 9.17) is 27.9 Å². The Balaban J connectivity index is 1.90. The van der Waals surface area contributed by atoms with E-state index < -0.39 is 0 Å². The first-order valence-corrected chi connectivity index (χ1v) is 6.24. The Bertz CT molecular complexity index is 573. The summed E-state index contributed by atoms with van der Waals surface area (Å²) in [6.45, 7) is -0.125. The lowest BCUT2D eigenvalue weighted by Crippen LogP contribution is -2.20. The highest BCUT2D eigenvalue weighted by atomic mass is 35.5. The largest absolute Gasteiger partial charge is 0.482 e. The zero-order valence-electron chi connectivity index (χ0n) is 9.82. The molecule has 3 nitrogen and oxygen atoms in total. The van der Waals surface area contributed by atoms with E-state index in [-0.39, 0.29) is 12.5 Å². The van der Waals surface area contributed by atoms with Crippen LogP contribution in [0.4, 0.5) is 5.69 Å². The average Bonchev–Trinajstić information content (AvgIpc) is 2.39. The molecule has 5 heteroatoms. The zero-order valence-corrected chi connectivity index (χ0v) is 11.3. The molecule has 1 N–H and O–H groups in total. The maximum absolute atomic E-state index is 11.6. The van der Waals surface area contributed by atoms with Gasteiger partial charge in [-0.15, -0.1) is 0 Å². The Morgan fingerprint density at radius 3 is 2.63 bits per heavy atom. The zero-order chi connectivity index (χ0) is 13.7. The number of benzene rings is 2. The summed E-state index contributed by atoms with van der Waals surface area (Å²) in [5.74, 6) is 0.153. The normalized spacial score (nSPS) is 10.0. The molecule has 0 saturated heterocycles. The van der Waals surface area contributed by atoms with Gasteiger partial charge in [0.25, 0.3) is 5.91 Å². The van der Waals surface area contributed by atoms with Crippen LogP contribution in [0.1, 0.15) is 0 Å². The van der Waals surface area contributed by atoms with Crippen LogP contribution in [-0.2, 0) is 4.79 Å². The molecule has 0 bridgehead atoms. The molecule has 0 aliphatic rings. The summed E-state index contributed by atoms with van der Waals surface area (Å²) in [6, 6.07) is 14.6. The molecule has 0 aliphatic heterocycles. The lowest BCUT2D eigenvalue weighted by atomic mass is 10.3. The van der Waals surface area contributed by atoms with E-state index in [1.165, 1.54) is 0 Å². The van der Waals surface area contributed by atoms with Gasteiger partial charge in [0.1, 0.15) is 5.75 Å². The maximum atomic E-state index is 11.6. The van der Waals surface area contributed by atoms with Gasteiger partial charge in [-0.3, -0.25) is 4.79 Å². The maximum Gasteiger partial charge on any atom is 0.262 e. The van der Waals surface area contributed by atoms with Gasteiger partial charge in [0.2, 0.25) is 0 Å². The van der Waals surface area contributed by atoms with Crippen LogP contribution in [0.3, 0.4) is 0 Å². The molecule has 19 heavy (non-hydrogen) atoms. The quantitative estimate of drug-likeness (QED) is 0.931. The molecule has 0 atom stereocenters. The van der Waals surface area contributed by atoms with Gasteiger partial charge in [0.15, 0.2) is 6.61 Å². The summed E-state index contributed by atoms with van der Waals surface area (Å²) < 4.78 is 5.32. The van der Waals surface area contributed by atoms with Gasteiger partial charge in [-0.25, -0.2) is 0 Å². The first-order valence-electron chi connectivity index (χ1n) is 5.49. The third-order valence-electron chi connectivity index (χ3n) is 2.25. The third kappa shape index (κ3) is 4.16. The number of hydrogen-bond donors (Lipinski definition) is 1. The van der Waals surface area contributed by atoms with Crippen molar-refractivity contribution in [1.29, 1.82) is 0 Å². The summed E-state index contributed by atoms with van der Waals surface area (Å²) in [6.07, 6.45) is 0. The van der Waals surface area contributed by atoms with E-state index in [1.54, 1.807) is 42.5 Å². The lowest BCUT2D eigenvalue weighted by molar-refractivity contribution is -0.118. The van der Waals surface area contributed by atoms with Gasteiger partial charge >= 0.3 is 0 Å².